The number of rotatable bonds is 3. The van der Waals surface area contributed by atoms with Crippen molar-refractivity contribution in [3.8, 4) is 0 Å². The molecule has 0 aromatic carbocycles. The maximum absolute atomic E-state index is 11.6. The lowest BCUT2D eigenvalue weighted by Crippen LogP contribution is -2.28. The molecule has 1 heteroatoms. The first kappa shape index (κ1) is 11.7. The highest BCUT2D eigenvalue weighted by molar-refractivity contribution is 5.80. The summed E-state index contributed by atoms with van der Waals surface area (Å²) in [6.45, 7) is 8.78. The fraction of sp³-hybridized carbons (Fsp3) is 0.923. The van der Waals surface area contributed by atoms with Gasteiger partial charge in [0, 0.05) is 12.3 Å². The Hall–Kier alpha value is -0.330. The van der Waals surface area contributed by atoms with E-state index < -0.39 is 0 Å². The highest BCUT2D eigenvalue weighted by atomic mass is 16.1. The van der Waals surface area contributed by atoms with Crippen LogP contribution in [0.25, 0.3) is 0 Å². The van der Waals surface area contributed by atoms with Crippen LogP contribution in [0.15, 0.2) is 0 Å². The van der Waals surface area contributed by atoms with E-state index in [0.29, 0.717) is 24.0 Å². The molecular weight excluding hydrogens is 172 g/mol. The minimum Gasteiger partial charge on any atom is -0.299 e. The third-order valence-corrected chi connectivity index (χ3v) is 4.20. The number of hydrogen-bond acceptors (Lipinski definition) is 1. The third kappa shape index (κ3) is 2.59. The smallest absolute Gasteiger partial charge is 0.135 e. The molecule has 0 bridgehead atoms. The van der Waals surface area contributed by atoms with Crippen molar-refractivity contribution >= 4 is 5.78 Å². The first-order chi connectivity index (χ1) is 6.56. The molecule has 0 aliphatic heterocycles. The van der Waals surface area contributed by atoms with Gasteiger partial charge in [0.15, 0.2) is 0 Å². The predicted octanol–water partition coefficient (Wildman–Crippen LogP) is 3.67. The Labute approximate surface area is 88.3 Å². The summed E-state index contributed by atoms with van der Waals surface area (Å²) in [5, 5.41) is 0. The molecule has 0 saturated heterocycles. The van der Waals surface area contributed by atoms with Gasteiger partial charge in [-0.25, -0.2) is 0 Å². The second kappa shape index (κ2) is 4.95. The molecule has 1 aliphatic carbocycles. The number of carbonyl (C=O) groups is 1. The van der Waals surface area contributed by atoms with E-state index in [-0.39, 0.29) is 0 Å². The van der Waals surface area contributed by atoms with Crippen LogP contribution >= 0.6 is 0 Å². The summed E-state index contributed by atoms with van der Waals surface area (Å²) in [6.07, 6.45) is 4.54. The molecular formula is C13H24O. The molecule has 1 aliphatic rings. The van der Waals surface area contributed by atoms with Crippen molar-refractivity contribution in [2.75, 3.05) is 0 Å². The largest absolute Gasteiger partial charge is 0.299 e. The first-order valence-corrected chi connectivity index (χ1v) is 6.09. The van der Waals surface area contributed by atoms with Gasteiger partial charge in [-0.3, -0.25) is 4.79 Å². The topological polar surface area (TPSA) is 17.1 Å². The Kier molecular flexibility index (Phi) is 4.15. The Morgan fingerprint density at radius 2 is 1.93 bits per heavy atom. The van der Waals surface area contributed by atoms with Crippen molar-refractivity contribution in [3.05, 3.63) is 0 Å². The predicted molar refractivity (Wildman–Crippen MR) is 60.1 cm³/mol. The van der Waals surface area contributed by atoms with Crippen LogP contribution in [0.3, 0.4) is 0 Å². The number of Topliss-reactive ketones (excluding diaryl/α,β-unsaturated/α-hetero) is 1. The highest BCUT2D eigenvalue weighted by Gasteiger charge is 2.30. The lowest BCUT2D eigenvalue weighted by molar-refractivity contribution is -0.124. The van der Waals surface area contributed by atoms with E-state index in [0.717, 1.165) is 11.8 Å². The second-order valence-electron chi connectivity index (χ2n) is 5.14. The van der Waals surface area contributed by atoms with Gasteiger partial charge in [0.1, 0.15) is 5.78 Å². The van der Waals surface area contributed by atoms with Gasteiger partial charge in [-0.2, -0.15) is 0 Å². The zero-order valence-corrected chi connectivity index (χ0v) is 10.0. The van der Waals surface area contributed by atoms with Gasteiger partial charge < -0.3 is 0 Å². The molecule has 1 rings (SSSR count). The monoisotopic (exact) mass is 196 g/mol. The van der Waals surface area contributed by atoms with Crippen LogP contribution in [-0.2, 0) is 4.79 Å². The molecule has 0 N–H and O–H groups in total. The quantitative estimate of drug-likeness (QED) is 0.673. The Morgan fingerprint density at radius 1 is 1.29 bits per heavy atom. The normalized spacial score (nSPS) is 35.3. The molecule has 1 saturated carbocycles. The molecule has 1 nitrogen and oxygen atoms in total. The minimum absolute atomic E-state index is 0.301. The van der Waals surface area contributed by atoms with Gasteiger partial charge in [-0.1, -0.05) is 34.1 Å². The van der Waals surface area contributed by atoms with E-state index >= 15 is 0 Å². The summed E-state index contributed by atoms with van der Waals surface area (Å²) < 4.78 is 0. The SMILES string of the molecule is CCC(=O)C(C)C1CCC(C)C(C)C1. The van der Waals surface area contributed by atoms with Gasteiger partial charge in [0.05, 0.1) is 0 Å². The van der Waals surface area contributed by atoms with E-state index in [2.05, 4.69) is 20.8 Å². The molecule has 0 aromatic rings. The highest BCUT2D eigenvalue weighted by Crippen LogP contribution is 2.37. The Bertz CT molecular complexity index is 197. The summed E-state index contributed by atoms with van der Waals surface area (Å²) >= 11 is 0. The summed E-state index contributed by atoms with van der Waals surface area (Å²) in [6, 6.07) is 0. The van der Waals surface area contributed by atoms with Gasteiger partial charge in [-0.05, 0) is 30.6 Å². The van der Waals surface area contributed by atoms with E-state index in [1.807, 2.05) is 6.92 Å². The minimum atomic E-state index is 0.301. The van der Waals surface area contributed by atoms with E-state index in [1.54, 1.807) is 0 Å². The number of hydrogen-bond donors (Lipinski definition) is 0. The van der Waals surface area contributed by atoms with Gasteiger partial charge in [0.25, 0.3) is 0 Å². The summed E-state index contributed by atoms with van der Waals surface area (Å²) in [7, 11) is 0. The first-order valence-electron chi connectivity index (χ1n) is 6.09. The van der Waals surface area contributed by atoms with Crippen LogP contribution in [-0.4, -0.2) is 5.78 Å². The number of ketones is 1. The fourth-order valence-electron chi connectivity index (χ4n) is 2.63. The van der Waals surface area contributed by atoms with Gasteiger partial charge in [0.2, 0.25) is 0 Å². The average molecular weight is 196 g/mol. The van der Waals surface area contributed by atoms with E-state index in [1.165, 1.54) is 19.3 Å². The Balaban J connectivity index is 2.50. The standard InChI is InChI=1S/C13H24O/c1-5-13(14)11(4)12-7-6-9(2)10(3)8-12/h9-12H,5-8H2,1-4H3. The van der Waals surface area contributed by atoms with Crippen LogP contribution < -0.4 is 0 Å². The molecule has 4 unspecified atom stereocenters. The maximum atomic E-state index is 11.6. The molecule has 0 aromatic heterocycles. The molecule has 0 heterocycles. The van der Waals surface area contributed by atoms with E-state index in [4.69, 9.17) is 0 Å². The van der Waals surface area contributed by atoms with Crippen LogP contribution in [0.1, 0.15) is 53.4 Å². The summed E-state index contributed by atoms with van der Waals surface area (Å²) in [5.41, 5.74) is 0. The van der Waals surface area contributed by atoms with Crippen LogP contribution in [0.5, 0.6) is 0 Å². The lowest BCUT2D eigenvalue weighted by atomic mass is 9.70. The zero-order chi connectivity index (χ0) is 10.7. The molecule has 14 heavy (non-hydrogen) atoms. The molecule has 0 radical (unpaired) electrons. The second-order valence-corrected chi connectivity index (χ2v) is 5.14. The van der Waals surface area contributed by atoms with Crippen molar-refractivity contribution < 1.29 is 4.79 Å². The van der Waals surface area contributed by atoms with E-state index in [9.17, 15) is 4.79 Å². The molecule has 1 fully saturated rings. The summed E-state index contributed by atoms with van der Waals surface area (Å²) in [4.78, 5) is 11.6. The third-order valence-electron chi connectivity index (χ3n) is 4.20. The van der Waals surface area contributed by atoms with Gasteiger partial charge in [-0.15, -0.1) is 0 Å². The van der Waals surface area contributed by atoms with Crippen molar-refractivity contribution in [2.45, 2.75) is 53.4 Å². The van der Waals surface area contributed by atoms with Crippen molar-refractivity contribution in [1.29, 1.82) is 0 Å². The summed E-state index contributed by atoms with van der Waals surface area (Å²) in [5.74, 6) is 3.08. The van der Waals surface area contributed by atoms with Crippen molar-refractivity contribution in [2.24, 2.45) is 23.7 Å². The molecule has 82 valence electrons. The molecule has 4 atom stereocenters. The van der Waals surface area contributed by atoms with Crippen molar-refractivity contribution in [1.82, 2.24) is 0 Å². The van der Waals surface area contributed by atoms with Crippen molar-refractivity contribution in [3.63, 3.8) is 0 Å². The Morgan fingerprint density at radius 3 is 2.43 bits per heavy atom. The molecule has 0 amide bonds. The van der Waals surface area contributed by atoms with Gasteiger partial charge >= 0.3 is 0 Å². The fourth-order valence-corrected chi connectivity index (χ4v) is 2.63. The zero-order valence-electron chi connectivity index (χ0n) is 10.0. The van der Waals surface area contributed by atoms with Crippen LogP contribution in [0.4, 0.5) is 0 Å². The van der Waals surface area contributed by atoms with Crippen LogP contribution in [0, 0.1) is 23.7 Å². The van der Waals surface area contributed by atoms with Crippen LogP contribution in [0.2, 0.25) is 0 Å². The number of carbonyl (C=O) groups excluding carboxylic acids is 1. The maximum Gasteiger partial charge on any atom is 0.135 e. The lowest BCUT2D eigenvalue weighted by Gasteiger charge is -2.34. The molecule has 0 spiro atoms. The average Bonchev–Trinajstić information content (AvgIpc) is 2.20.